The number of rotatable bonds is 2. The molecule has 3 rings (SSSR count). The molecule has 1 fully saturated rings. The third-order valence-corrected chi connectivity index (χ3v) is 3.83. The molecule has 2 aromatic heterocycles. The minimum absolute atomic E-state index is 0.119. The maximum atomic E-state index is 5.84. The van der Waals surface area contributed by atoms with Crippen LogP contribution < -0.4 is 5.73 Å². The fraction of sp³-hybridized carbons (Fsp3) is 0.500. The van der Waals surface area contributed by atoms with Gasteiger partial charge in [-0.05, 0) is 31.3 Å². The number of hydrogen-bond donors (Lipinski definition) is 1. The number of aryl methyl sites for hydroxylation is 1. The molecule has 0 unspecified atom stereocenters. The Morgan fingerprint density at radius 3 is 2.75 bits per heavy atom. The molecule has 0 aliphatic heterocycles. The molecule has 16 heavy (non-hydrogen) atoms. The number of hydrogen-bond acceptors (Lipinski definition) is 6. The van der Waals surface area contributed by atoms with Crippen LogP contribution in [-0.2, 0) is 5.41 Å². The number of aromatic nitrogens is 3. The average molecular weight is 236 g/mol. The number of anilines is 1. The Balaban J connectivity index is 2.04. The first-order valence-electron chi connectivity index (χ1n) is 5.16. The highest BCUT2D eigenvalue weighted by molar-refractivity contribution is 7.10. The van der Waals surface area contributed by atoms with Gasteiger partial charge in [-0.25, -0.2) is 0 Å². The molecule has 0 spiro atoms. The second-order valence-corrected chi connectivity index (χ2v) is 5.30. The monoisotopic (exact) mass is 236 g/mol. The van der Waals surface area contributed by atoms with Gasteiger partial charge < -0.3 is 10.3 Å². The molecular formula is C10H12N4OS. The molecule has 0 aromatic carbocycles. The Morgan fingerprint density at radius 1 is 1.44 bits per heavy atom. The second-order valence-electron chi connectivity index (χ2n) is 4.49. The molecule has 2 aromatic rings. The quantitative estimate of drug-likeness (QED) is 0.864. The lowest BCUT2D eigenvalue weighted by molar-refractivity contribution is 0.416. The van der Waals surface area contributed by atoms with E-state index >= 15 is 0 Å². The number of nitrogens with zero attached hydrogens (tertiary/aromatic N) is 3. The highest BCUT2D eigenvalue weighted by atomic mass is 32.1. The van der Waals surface area contributed by atoms with Crippen LogP contribution in [-0.4, -0.2) is 14.5 Å². The van der Waals surface area contributed by atoms with Crippen molar-refractivity contribution >= 4 is 16.5 Å². The van der Waals surface area contributed by atoms with Crippen LogP contribution in [0.2, 0.25) is 0 Å². The molecule has 84 valence electrons. The zero-order chi connectivity index (χ0) is 11.3. The van der Waals surface area contributed by atoms with Crippen molar-refractivity contribution in [2.24, 2.45) is 0 Å². The van der Waals surface area contributed by atoms with Crippen molar-refractivity contribution in [3.63, 3.8) is 0 Å². The molecule has 1 saturated carbocycles. The van der Waals surface area contributed by atoms with Gasteiger partial charge in [0.2, 0.25) is 0 Å². The third kappa shape index (κ3) is 1.33. The highest BCUT2D eigenvalue weighted by Crippen LogP contribution is 2.46. The summed E-state index contributed by atoms with van der Waals surface area (Å²) in [5.74, 6) is 1.28. The van der Waals surface area contributed by atoms with Gasteiger partial charge in [-0.3, -0.25) is 0 Å². The van der Waals surface area contributed by atoms with Gasteiger partial charge in [0, 0.05) is 5.41 Å². The lowest BCUT2D eigenvalue weighted by Gasteiger charge is -1.97. The van der Waals surface area contributed by atoms with Crippen LogP contribution in [0.1, 0.15) is 31.3 Å². The van der Waals surface area contributed by atoms with Crippen LogP contribution in [0.25, 0.3) is 11.5 Å². The minimum Gasteiger partial charge on any atom is -0.389 e. The van der Waals surface area contributed by atoms with E-state index in [1.54, 1.807) is 0 Å². The lowest BCUT2D eigenvalue weighted by atomic mass is 10.1. The molecule has 0 amide bonds. The zero-order valence-electron chi connectivity index (χ0n) is 9.15. The molecule has 1 aliphatic carbocycles. The summed E-state index contributed by atoms with van der Waals surface area (Å²) in [4.78, 5) is 4.42. The summed E-state index contributed by atoms with van der Waals surface area (Å²) in [7, 11) is 0. The van der Waals surface area contributed by atoms with E-state index < -0.39 is 0 Å². The maximum Gasteiger partial charge on any atom is 0.262 e. The van der Waals surface area contributed by atoms with Crippen LogP contribution >= 0.6 is 11.5 Å². The van der Waals surface area contributed by atoms with E-state index in [1.165, 1.54) is 11.5 Å². The van der Waals surface area contributed by atoms with Gasteiger partial charge in [-0.1, -0.05) is 12.1 Å². The Labute approximate surface area is 96.8 Å². The summed E-state index contributed by atoms with van der Waals surface area (Å²) >= 11 is 1.26. The average Bonchev–Trinajstić information content (AvgIpc) is 2.71. The van der Waals surface area contributed by atoms with E-state index in [9.17, 15) is 0 Å². The van der Waals surface area contributed by atoms with Crippen LogP contribution in [0.15, 0.2) is 4.52 Å². The van der Waals surface area contributed by atoms with Crippen LogP contribution in [0.4, 0.5) is 5.00 Å². The lowest BCUT2D eigenvalue weighted by Crippen LogP contribution is -2.01. The van der Waals surface area contributed by atoms with Crippen molar-refractivity contribution in [1.82, 2.24) is 14.5 Å². The summed E-state index contributed by atoms with van der Waals surface area (Å²) in [6, 6.07) is 0. The van der Waals surface area contributed by atoms with Crippen LogP contribution in [0, 0.1) is 6.92 Å². The maximum absolute atomic E-state index is 5.84. The van der Waals surface area contributed by atoms with Gasteiger partial charge in [0.1, 0.15) is 5.00 Å². The number of nitrogens with two attached hydrogens (primary N) is 1. The van der Waals surface area contributed by atoms with E-state index in [-0.39, 0.29) is 5.41 Å². The van der Waals surface area contributed by atoms with Crippen molar-refractivity contribution in [1.29, 1.82) is 0 Å². The summed E-state index contributed by atoms with van der Waals surface area (Å²) in [5.41, 5.74) is 7.59. The van der Waals surface area contributed by atoms with Crippen LogP contribution in [0.5, 0.6) is 0 Å². The molecule has 0 radical (unpaired) electrons. The fourth-order valence-corrected chi connectivity index (χ4v) is 2.28. The van der Waals surface area contributed by atoms with Crippen molar-refractivity contribution in [3.05, 3.63) is 11.5 Å². The third-order valence-electron chi connectivity index (χ3n) is 3.07. The molecule has 2 N–H and O–H groups in total. The van der Waals surface area contributed by atoms with Crippen molar-refractivity contribution in [3.8, 4) is 11.5 Å². The standard InChI is InChI=1S/C10H12N4OS/c1-5-6(7(11)16-14-5)8-12-9(13-15-8)10(2)3-4-10/h3-4,11H2,1-2H3. The van der Waals surface area contributed by atoms with Gasteiger partial charge in [-0.2, -0.15) is 9.36 Å². The fourth-order valence-electron chi connectivity index (χ4n) is 1.63. The zero-order valence-corrected chi connectivity index (χ0v) is 9.97. The van der Waals surface area contributed by atoms with Gasteiger partial charge >= 0.3 is 0 Å². The molecule has 2 heterocycles. The van der Waals surface area contributed by atoms with Gasteiger partial charge in [-0.15, -0.1) is 0 Å². The predicted octanol–water partition coefficient (Wildman–Crippen LogP) is 2.14. The molecule has 1 aliphatic rings. The molecule has 0 atom stereocenters. The first kappa shape index (κ1) is 9.77. The first-order valence-corrected chi connectivity index (χ1v) is 5.94. The molecule has 0 bridgehead atoms. The highest BCUT2D eigenvalue weighted by Gasteiger charge is 2.43. The Morgan fingerprint density at radius 2 is 2.19 bits per heavy atom. The van der Waals surface area contributed by atoms with E-state index in [0.29, 0.717) is 10.9 Å². The van der Waals surface area contributed by atoms with Gasteiger partial charge in [0.25, 0.3) is 5.89 Å². The largest absolute Gasteiger partial charge is 0.389 e. The Kier molecular flexibility index (Phi) is 1.85. The van der Waals surface area contributed by atoms with Crippen LogP contribution in [0.3, 0.4) is 0 Å². The Hall–Kier alpha value is -1.43. The van der Waals surface area contributed by atoms with Gasteiger partial charge in [0.15, 0.2) is 5.82 Å². The SMILES string of the molecule is Cc1nsc(N)c1-c1nc(C2(C)CC2)no1. The molecule has 6 heteroatoms. The predicted molar refractivity (Wildman–Crippen MR) is 61.1 cm³/mol. The normalized spacial score (nSPS) is 17.6. The van der Waals surface area contributed by atoms with Crippen molar-refractivity contribution < 1.29 is 4.52 Å². The number of nitrogen functional groups attached to an aromatic ring is 1. The van der Waals surface area contributed by atoms with Crippen molar-refractivity contribution in [2.75, 3.05) is 5.73 Å². The van der Waals surface area contributed by atoms with E-state index in [4.69, 9.17) is 10.3 Å². The van der Waals surface area contributed by atoms with Crippen molar-refractivity contribution in [2.45, 2.75) is 32.1 Å². The first-order chi connectivity index (χ1) is 7.60. The molecule has 0 saturated heterocycles. The minimum atomic E-state index is 0.119. The summed E-state index contributed by atoms with van der Waals surface area (Å²) in [6.07, 6.45) is 2.25. The van der Waals surface area contributed by atoms with E-state index in [0.717, 1.165) is 29.9 Å². The summed E-state index contributed by atoms with van der Waals surface area (Å²) in [6.45, 7) is 4.04. The molecular weight excluding hydrogens is 224 g/mol. The van der Waals surface area contributed by atoms with E-state index in [2.05, 4.69) is 21.4 Å². The topological polar surface area (TPSA) is 77.8 Å². The molecule has 5 nitrogen and oxygen atoms in total. The summed E-state index contributed by atoms with van der Waals surface area (Å²) < 4.78 is 9.43. The summed E-state index contributed by atoms with van der Waals surface area (Å²) in [5, 5.41) is 4.66. The van der Waals surface area contributed by atoms with Gasteiger partial charge in [0.05, 0.1) is 11.3 Å². The Bertz CT molecular complexity index is 521. The second kappa shape index (κ2) is 3.04. The van der Waals surface area contributed by atoms with E-state index in [1.807, 2.05) is 6.92 Å². The smallest absolute Gasteiger partial charge is 0.262 e.